The number of ether oxygens (including phenoxy) is 4. The normalized spacial score (nSPS) is 23.2. The Balaban J connectivity index is 1.90. The fraction of sp³-hybridized carbons (Fsp3) is 0.625. The summed E-state index contributed by atoms with van der Waals surface area (Å²) in [4.78, 5) is 0. The lowest BCUT2D eigenvalue weighted by Crippen LogP contribution is -2.42. The molecule has 116 valence electrons. The third-order valence-electron chi connectivity index (χ3n) is 4.55. The van der Waals surface area contributed by atoms with E-state index in [2.05, 4.69) is 0 Å². The predicted molar refractivity (Wildman–Crippen MR) is 76.5 cm³/mol. The van der Waals surface area contributed by atoms with Gasteiger partial charge in [-0.3, -0.25) is 0 Å². The summed E-state index contributed by atoms with van der Waals surface area (Å²) in [5.74, 6) is 0.809. The van der Waals surface area contributed by atoms with Gasteiger partial charge in [-0.15, -0.1) is 0 Å². The SMILES string of the molecule is COc1cccc(OC)c1C1(O)CCC2(CC1)OCCO2. The molecule has 1 aromatic rings. The van der Waals surface area contributed by atoms with Gasteiger partial charge in [-0.25, -0.2) is 0 Å². The van der Waals surface area contributed by atoms with Gasteiger partial charge >= 0.3 is 0 Å². The smallest absolute Gasteiger partial charge is 0.168 e. The van der Waals surface area contributed by atoms with Gasteiger partial charge in [0.05, 0.1) is 38.6 Å². The van der Waals surface area contributed by atoms with Crippen LogP contribution in [-0.2, 0) is 15.1 Å². The van der Waals surface area contributed by atoms with Crippen LogP contribution in [0.15, 0.2) is 18.2 Å². The molecule has 1 aliphatic carbocycles. The molecular formula is C16H22O5. The molecule has 0 amide bonds. The monoisotopic (exact) mass is 294 g/mol. The first kappa shape index (κ1) is 14.6. The van der Waals surface area contributed by atoms with Crippen molar-refractivity contribution in [3.8, 4) is 11.5 Å². The molecule has 1 saturated carbocycles. The Bertz CT molecular complexity index is 475. The van der Waals surface area contributed by atoms with Gasteiger partial charge in [0.25, 0.3) is 0 Å². The highest BCUT2D eigenvalue weighted by Gasteiger charge is 2.48. The van der Waals surface area contributed by atoms with E-state index in [1.807, 2.05) is 18.2 Å². The minimum absolute atomic E-state index is 0.499. The first-order valence-electron chi connectivity index (χ1n) is 7.34. The standard InChI is InChI=1S/C16H22O5/c1-18-12-4-3-5-13(19-2)14(12)15(17)6-8-16(9-7-15)20-10-11-21-16/h3-5,17H,6-11H2,1-2H3. The van der Waals surface area contributed by atoms with E-state index in [0.717, 1.165) is 5.56 Å². The van der Waals surface area contributed by atoms with Crippen LogP contribution in [0.4, 0.5) is 0 Å². The molecule has 0 radical (unpaired) electrons. The van der Waals surface area contributed by atoms with Crippen molar-refractivity contribution in [3.05, 3.63) is 23.8 Å². The van der Waals surface area contributed by atoms with Crippen molar-refractivity contribution in [1.82, 2.24) is 0 Å². The van der Waals surface area contributed by atoms with E-state index >= 15 is 0 Å². The Labute approximate surface area is 124 Å². The summed E-state index contributed by atoms with van der Waals surface area (Å²) in [5, 5.41) is 11.1. The number of benzene rings is 1. The van der Waals surface area contributed by atoms with Crippen molar-refractivity contribution in [2.75, 3.05) is 27.4 Å². The summed E-state index contributed by atoms with van der Waals surface area (Å²) >= 11 is 0. The van der Waals surface area contributed by atoms with E-state index in [4.69, 9.17) is 18.9 Å². The zero-order valence-electron chi connectivity index (χ0n) is 12.6. The van der Waals surface area contributed by atoms with Crippen molar-refractivity contribution in [2.45, 2.75) is 37.1 Å². The van der Waals surface area contributed by atoms with Crippen molar-refractivity contribution in [1.29, 1.82) is 0 Å². The molecule has 2 fully saturated rings. The van der Waals surface area contributed by atoms with Gasteiger partial charge < -0.3 is 24.1 Å². The highest BCUT2D eigenvalue weighted by Crippen LogP contribution is 2.49. The van der Waals surface area contributed by atoms with Crippen molar-refractivity contribution in [3.63, 3.8) is 0 Å². The minimum atomic E-state index is -0.974. The minimum Gasteiger partial charge on any atom is -0.496 e. The maximum absolute atomic E-state index is 11.1. The van der Waals surface area contributed by atoms with E-state index in [-0.39, 0.29) is 0 Å². The summed E-state index contributed by atoms with van der Waals surface area (Å²) in [5.41, 5.74) is -0.249. The van der Waals surface area contributed by atoms with E-state index in [9.17, 15) is 5.11 Å². The maximum atomic E-state index is 11.1. The zero-order valence-corrected chi connectivity index (χ0v) is 12.6. The number of rotatable bonds is 3. The Morgan fingerprint density at radius 2 is 1.48 bits per heavy atom. The molecular weight excluding hydrogens is 272 g/mol. The molecule has 21 heavy (non-hydrogen) atoms. The zero-order chi connectivity index (χ0) is 14.9. The van der Waals surface area contributed by atoms with Crippen LogP contribution in [-0.4, -0.2) is 38.3 Å². The predicted octanol–water partition coefficient (Wildman–Crippen LogP) is 2.21. The van der Waals surface area contributed by atoms with Crippen LogP contribution >= 0.6 is 0 Å². The topological polar surface area (TPSA) is 57.2 Å². The number of aliphatic hydroxyl groups is 1. The highest BCUT2D eigenvalue weighted by atomic mass is 16.7. The molecule has 0 unspecified atom stereocenters. The third-order valence-corrected chi connectivity index (χ3v) is 4.55. The Kier molecular flexibility index (Phi) is 3.82. The molecule has 0 aromatic heterocycles. The Morgan fingerprint density at radius 1 is 0.952 bits per heavy atom. The van der Waals surface area contributed by atoms with Crippen molar-refractivity contribution >= 4 is 0 Å². The second-order valence-electron chi connectivity index (χ2n) is 5.68. The van der Waals surface area contributed by atoms with Crippen molar-refractivity contribution < 1.29 is 24.1 Å². The van der Waals surface area contributed by atoms with Gasteiger partial charge in [-0.05, 0) is 25.0 Å². The largest absolute Gasteiger partial charge is 0.496 e. The van der Waals surface area contributed by atoms with Crippen LogP contribution < -0.4 is 9.47 Å². The maximum Gasteiger partial charge on any atom is 0.168 e. The molecule has 1 saturated heterocycles. The molecule has 0 atom stereocenters. The average molecular weight is 294 g/mol. The molecule has 0 bridgehead atoms. The van der Waals surface area contributed by atoms with Crippen LogP contribution in [0.2, 0.25) is 0 Å². The molecule has 5 heteroatoms. The Hall–Kier alpha value is -1.30. The van der Waals surface area contributed by atoms with Gasteiger partial charge in [-0.1, -0.05) is 6.07 Å². The number of hydrogen-bond donors (Lipinski definition) is 1. The lowest BCUT2D eigenvalue weighted by molar-refractivity contribution is -0.204. The van der Waals surface area contributed by atoms with E-state index in [0.29, 0.717) is 50.4 Å². The van der Waals surface area contributed by atoms with Gasteiger partial charge in [-0.2, -0.15) is 0 Å². The molecule has 1 N–H and O–H groups in total. The number of hydrogen-bond acceptors (Lipinski definition) is 5. The lowest BCUT2D eigenvalue weighted by atomic mass is 9.76. The van der Waals surface area contributed by atoms with Crippen LogP contribution in [0.25, 0.3) is 0 Å². The van der Waals surface area contributed by atoms with E-state index < -0.39 is 11.4 Å². The summed E-state index contributed by atoms with van der Waals surface area (Å²) in [6, 6.07) is 5.56. The van der Waals surface area contributed by atoms with Crippen LogP contribution in [0.3, 0.4) is 0 Å². The first-order valence-corrected chi connectivity index (χ1v) is 7.34. The molecule has 1 aromatic carbocycles. The summed E-state index contributed by atoms with van der Waals surface area (Å²) in [6.45, 7) is 1.27. The second kappa shape index (κ2) is 5.48. The molecule has 1 spiro atoms. The van der Waals surface area contributed by atoms with E-state index in [1.165, 1.54) is 0 Å². The molecule has 2 aliphatic rings. The number of methoxy groups -OCH3 is 2. The van der Waals surface area contributed by atoms with Gasteiger partial charge in [0, 0.05) is 12.8 Å². The van der Waals surface area contributed by atoms with Crippen LogP contribution in [0, 0.1) is 0 Å². The van der Waals surface area contributed by atoms with Crippen molar-refractivity contribution in [2.24, 2.45) is 0 Å². The summed E-state index contributed by atoms with van der Waals surface area (Å²) in [6.07, 6.45) is 2.46. The highest BCUT2D eigenvalue weighted by molar-refractivity contribution is 5.49. The summed E-state index contributed by atoms with van der Waals surface area (Å²) < 4.78 is 22.3. The third kappa shape index (κ3) is 2.50. The van der Waals surface area contributed by atoms with Crippen LogP contribution in [0.5, 0.6) is 11.5 Å². The van der Waals surface area contributed by atoms with Crippen LogP contribution in [0.1, 0.15) is 31.2 Å². The first-order chi connectivity index (χ1) is 10.1. The lowest BCUT2D eigenvalue weighted by Gasteiger charge is -2.41. The molecule has 1 aliphatic heterocycles. The fourth-order valence-electron chi connectivity index (χ4n) is 3.39. The second-order valence-corrected chi connectivity index (χ2v) is 5.68. The average Bonchev–Trinajstić information content (AvgIpc) is 2.98. The molecule has 3 rings (SSSR count). The van der Waals surface area contributed by atoms with Gasteiger partial charge in [0.2, 0.25) is 0 Å². The quantitative estimate of drug-likeness (QED) is 0.926. The molecule has 1 heterocycles. The van der Waals surface area contributed by atoms with Gasteiger partial charge in [0.15, 0.2) is 5.79 Å². The molecule has 5 nitrogen and oxygen atoms in total. The summed E-state index contributed by atoms with van der Waals surface area (Å²) in [7, 11) is 3.21. The van der Waals surface area contributed by atoms with E-state index in [1.54, 1.807) is 14.2 Å². The van der Waals surface area contributed by atoms with Gasteiger partial charge in [0.1, 0.15) is 11.5 Å². The Morgan fingerprint density at radius 3 is 1.95 bits per heavy atom. The fourth-order valence-corrected chi connectivity index (χ4v) is 3.39.